The van der Waals surface area contributed by atoms with Crippen molar-refractivity contribution in [2.24, 2.45) is 5.92 Å². The highest BCUT2D eigenvalue weighted by Crippen LogP contribution is 2.24. The molecule has 0 heterocycles. The molecule has 0 bridgehead atoms. The molecule has 0 aliphatic carbocycles. The molecule has 0 spiro atoms. The van der Waals surface area contributed by atoms with E-state index in [0.29, 0.717) is 4.90 Å². The smallest absolute Gasteiger partial charge is 0.230 e. The Hall–Kier alpha value is -1.95. The zero-order valence-electron chi connectivity index (χ0n) is 13.4. The maximum Gasteiger partial charge on any atom is 0.230 e. The fraction of sp³-hybridized carbons (Fsp3) is 0.278. The summed E-state index contributed by atoms with van der Waals surface area (Å²) in [5.41, 5.74) is 0.817. The summed E-state index contributed by atoms with van der Waals surface area (Å²) in [6, 6.07) is 9.27. The van der Waals surface area contributed by atoms with Gasteiger partial charge in [0.1, 0.15) is 5.82 Å². The predicted octanol–water partition coefficient (Wildman–Crippen LogP) is 4.71. The van der Waals surface area contributed by atoms with Gasteiger partial charge in [0.2, 0.25) is 5.91 Å². The van der Waals surface area contributed by atoms with Gasteiger partial charge in [-0.2, -0.15) is 0 Å². The maximum absolute atomic E-state index is 13.2. The lowest BCUT2D eigenvalue weighted by Crippen LogP contribution is -2.33. The van der Waals surface area contributed by atoms with Crippen LogP contribution in [-0.2, 0) is 4.79 Å². The summed E-state index contributed by atoms with van der Waals surface area (Å²) in [7, 11) is 0. The molecule has 0 aliphatic heterocycles. The first-order chi connectivity index (χ1) is 11.4. The van der Waals surface area contributed by atoms with Crippen molar-refractivity contribution in [3.8, 4) is 0 Å². The number of thioether (sulfide) groups is 1. The van der Waals surface area contributed by atoms with Gasteiger partial charge in [-0.25, -0.2) is 13.2 Å². The van der Waals surface area contributed by atoms with Crippen LogP contribution in [0.3, 0.4) is 0 Å². The van der Waals surface area contributed by atoms with Crippen LogP contribution in [0, 0.1) is 23.4 Å². The molecular weight excluding hydrogens is 335 g/mol. The van der Waals surface area contributed by atoms with E-state index in [4.69, 9.17) is 0 Å². The summed E-state index contributed by atoms with van der Waals surface area (Å²) in [6.45, 7) is 3.91. The topological polar surface area (TPSA) is 29.1 Å². The monoisotopic (exact) mass is 353 g/mol. The molecule has 2 nitrogen and oxygen atoms in total. The second kappa shape index (κ2) is 8.24. The van der Waals surface area contributed by atoms with Crippen molar-refractivity contribution >= 4 is 17.7 Å². The van der Waals surface area contributed by atoms with Gasteiger partial charge in [0.05, 0.1) is 11.8 Å². The van der Waals surface area contributed by atoms with Crippen LogP contribution >= 0.6 is 11.8 Å². The minimum atomic E-state index is -0.938. The fourth-order valence-corrected chi connectivity index (χ4v) is 2.97. The number of hydrogen-bond donors (Lipinski definition) is 1. The number of amides is 1. The molecule has 0 radical (unpaired) electrons. The molecule has 0 unspecified atom stereocenters. The van der Waals surface area contributed by atoms with Gasteiger partial charge in [-0.05, 0) is 41.8 Å². The van der Waals surface area contributed by atoms with E-state index < -0.39 is 11.6 Å². The summed E-state index contributed by atoms with van der Waals surface area (Å²) in [4.78, 5) is 12.6. The first-order valence-corrected chi connectivity index (χ1v) is 8.48. The Morgan fingerprint density at radius 3 is 2.29 bits per heavy atom. The van der Waals surface area contributed by atoms with Gasteiger partial charge in [-0.3, -0.25) is 4.79 Å². The van der Waals surface area contributed by atoms with Crippen LogP contribution in [0.1, 0.15) is 25.5 Å². The first-order valence-electron chi connectivity index (χ1n) is 7.49. The molecule has 1 atom stereocenters. The van der Waals surface area contributed by atoms with E-state index >= 15 is 0 Å². The number of hydrogen-bond acceptors (Lipinski definition) is 2. The van der Waals surface area contributed by atoms with Gasteiger partial charge >= 0.3 is 0 Å². The SMILES string of the molecule is CC(C)[C@@H](NC(=O)CSc1ccc(F)c(F)c1)c1ccc(F)cc1. The molecule has 0 saturated carbocycles. The Labute approximate surface area is 143 Å². The molecular formula is C18H18F3NOS. The van der Waals surface area contributed by atoms with Crippen LogP contribution < -0.4 is 5.32 Å². The zero-order chi connectivity index (χ0) is 17.7. The molecule has 0 aromatic heterocycles. The van der Waals surface area contributed by atoms with Gasteiger partial charge in [-0.1, -0.05) is 26.0 Å². The summed E-state index contributed by atoms with van der Waals surface area (Å²) >= 11 is 1.12. The second-order valence-corrected chi connectivity index (χ2v) is 6.75. The molecule has 2 rings (SSSR count). The van der Waals surface area contributed by atoms with E-state index in [0.717, 1.165) is 29.5 Å². The Balaban J connectivity index is 1.97. The molecule has 0 fully saturated rings. The highest BCUT2D eigenvalue weighted by molar-refractivity contribution is 8.00. The van der Waals surface area contributed by atoms with Crippen LogP contribution in [0.25, 0.3) is 0 Å². The minimum absolute atomic E-state index is 0.0789. The van der Waals surface area contributed by atoms with Gasteiger partial charge in [0.15, 0.2) is 11.6 Å². The maximum atomic E-state index is 13.2. The number of nitrogens with one attached hydrogen (secondary N) is 1. The molecule has 6 heteroatoms. The zero-order valence-corrected chi connectivity index (χ0v) is 14.2. The van der Waals surface area contributed by atoms with Crippen LogP contribution in [-0.4, -0.2) is 11.7 Å². The molecule has 2 aromatic rings. The number of halogens is 3. The van der Waals surface area contributed by atoms with E-state index in [2.05, 4.69) is 5.32 Å². The number of carbonyl (C=O) groups excluding carboxylic acids is 1. The van der Waals surface area contributed by atoms with Crippen molar-refractivity contribution in [2.75, 3.05) is 5.75 Å². The Morgan fingerprint density at radius 1 is 1.04 bits per heavy atom. The summed E-state index contributed by atoms with van der Waals surface area (Å²) in [5.74, 6) is -2.22. The van der Waals surface area contributed by atoms with E-state index in [9.17, 15) is 18.0 Å². The molecule has 1 amide bonds. The first kappa shape index (κ1) is 18.4. The number of rotatable bonds is 6. The highest BCUT2D eigenvalue weighted by Gasteiger charge is 2.18. The summed E-state index contributed by atoms with van der Waals surface area (Å²) in [5, 5.41) is 2.90. The Kier molecular flexibility index (Phi) is 6.31. The summed E-state index contributed by atoms with van der Waals surface area (Å²) in [6.07, 6.45) is 0. The van der Waals surface area contributed by atoms with Gasteiger partial charge in [-0.15, -0.1) is 11.8 Å². The molecule has 2 aromatic carbocycles. The quantitative estimate of drug-likeness (QED) is 0.762. The Bertz CT molecular complexity index is 704. The van der Waals surface area contributed by atoms with E-state index in [1.807, 2.05) is 13.8 Å². The average molecular weight is 353 g/mol. The van der Waals surface area contributed by atoms with Gasteiger partial charge < -0.3 is 5.32 Å². The third kappa shape index (κ3) is 5.03. The van der Waals surface area contributed by atoms with Crippen LogP contribution in [0.4, 0.5) is 13.2 Å². The molecule has 1 N–H and O–H groups in total. The Morgan fingerprint density at radius 2 is 1.71 bits per heavy atom. The van der Waals surface area contributed by atoms with Crippen molar-refractivity contribution in [1.82, 2.24) is 5.32 Å². The van der Waals surface area contributed by atoms with Crippen molar-refractivity contribution in [3.05, 3.63) is 65.5 Å². The van der Waals surface area contributed by atoms with Crippen molar-refractivity contribution in [2.45, 2.75) is 24.8 Å². The highest BCUT2D eigenvalue weighted by atomic mass is 32.2. The third-order valence-electron chi connectivity index (χ3n) is 3.47. The molecule has 24 heavy (non-hydrogen) atoms. The van der Waals surface area contributed by atoms with E-state index in [-0.39, 0.29) is 29.4 Å². The van der Waals surface area contributed by atoms with Crippen LogP contribution in [0.2, 0.25) is 0 Å². The van der Waals surface area contributed by atoms with Crippen LogP contribution in [0.15, 0.2) is 47.4 Å². The van der Waals surface area contributed by atoms with Crippen molar-refractivity contribution in [1.29, 1.82) is 0 Å². The van der Waals surface area contributed by atoms with Gasteiger partial charge in [0.25, 0.3) is 0 Å². The lowest BCUT2D eigenvalue weighted by atomic mass is 9.96. The molecule has 0 aliphatic rings. The molecule has 0 saturated heterocycles. The van der Waals surface area contributed by atoms with Crippen LogP contribution in [0.5, 0.6) is 0 Å². The lowest BCUT2D eigenvalue weighted by molar-refractivity contribution is -0.119. The summed E-state index contributed by atoms with van der Waals surface area (Å²) < 4.78 is 39.1. The number of benzene rings is 2. The average Bonchev–Trinajstić information content (AvgIpc) is 2.54. The largest absolute Gasteiger partial charge is 0.348 e. The second-order valence-electron chi connectivity index (χ2n) is 5.71. The normalized spacial score (nSPS) is 12.2. The minimum Gasteiger partial charge on any atom is -0.348 e. The van der Waals surface area contributed by atoms with Gasteiger partial charge in [0, 0.05) is 4.90 Å². The molecule has 128 valence electrons. The van der Waals surface area contributed by atoms with Crippen molar-refractivity contribution < 1.29 is 18.0 Å². The lowest BCUT2D eigenvalue weighted by Gasteiger charge is -2.23. The van der Waals surface area contributed by atoms with E-state index in [1.54, 1.807) is 12.1 Å². The fourth-order valence-electron chi connectivity index (χ4n) is 2.24. The van der Waals surface area contributed by atoms with E-state index in [1.165, 1.54) is 18.2 Å². The number of carbonyl (C=O) groups is 1. The van der Waals surface area contributed by atoms with Crippen molar-refractivity contribution in [3.63, 3.8) is 0 Å². The standard InChI is InChI=1S/C18H18F3NOS/c1-11(2)18(12-3-5-13(19)6-4-12)22-17(23)10-24-14-7-8-15(20)16(21)9-14/h3-9,11,18H,10H2,1-2H3,(H,22,23)/t18-/m1/s1. The third-order valence-corrected chi connectivity index (χ3v) is 4.47. The predicted molar refractivity (Wildman–Crippen MR) is 89.2 cm³/mol.